The van der Waals surface area contributed by atoms with E-state index in [1.165, 1.54) is 12.1 Å². The molecule has 0 fully saturated rings. The number of halogens is 2. The van der Waals surface area contributed by atoms with Gasteiger partial charge in [0.25, 0.3) is 0 Å². The summed E-state index contributed by atoms with van der Waals surface area (Å²) in [6, 6.07) is 18.0. The van der Waals surface area contributed by atoms with Crippen LogP contribution in [0.15, 0.2) is 65.6 Å². The normalized spacial score (nSPS) is 15.8. The molecule has 1 unspecified atom stereocenters. The second-order valence-corrected chi connectivity index (χ2v) is 8.78. The topological polar surface area (TPSA) is 41.9 Å². The smallest absolute Gasteiger partial charge is 0.159 e. The summed E-state index contributed by atoms with van der Waals surface area (Å²) in [5.74, 6) is -0.175. The van der Waals surface area contributed by atoms with Gasteiger partial charge in [0.2, 0.25) is 0 Å². The Bertz CT molecular complexity index is 1060. The third kappa shape index (κ3) is 5.16. The number of methoxy groups -OCH3 is 1. The Morgan fingerprint density at radius 1 is 1.00 bits per heavy atom. The van der Waals surface area contributed by atoms with Crippen molar-refractivity contribution in [3.8, 4) is 11.5 Å². The average molecular weight is 458 g/mol. The minimum absolute atomic E-state index is 0.00443. The monoisotopic (exact) mass is 457 g/mol. The van der Waals surface area contributed by atoms with Crippen LogP contribution in [0.3, 0.4) is 0 Å². The van der Waals surface area contributed by atoms with E-state index in [1.54, 1.807) is 24.9 Å². The van der Waals surface area contributed by atoms with Gasteiger partial charge in [0.1, 0.15) is 18.1 Å². The van der Waals surface area contributed by atoms with Crippen LogP contribution < -0.4 is 14.4 Å². The van der Waals surface area contributed by atoms with Gasteiger partial charge >= 0.3 is 0 Å². The minimum atomic E-state index is -0.831. The molecule has 3 aromatic carbocycles. The number of anilines is 1. The van der Waals surface area contributed by atoms with Gasteiger partial charge < -0.3 is 19.5 Å². The van der Waals surface area contributed by atoms with Gasteiger partial charge in [-0.05, 0) is 60.0 Å². The summed E-state index contributed by atoms with van der Waals surface area (Å²) in [6.07, 6.45) is 0.782. The van der Waals surface area contributed by atoms with Gasteiger partial charge in [0, 0.05) is 23.2 Å². The first-order chi connectivity index (χ1) is 15.6. The lowest BCUT2D eigenvalue weighted by molar-refractivity contribution is 0.201. The zero-order valence-electron chi connectivity index (χ0n) is 17.8. The average Bonchev–Trinajstić information content (AvgIpc) is 2.99. The van der Waals surface area contributed by atoms with Crippen LogP contribution in [0.5, 0.6) is 11.5 Å². The summed E-state index contributed by atoms with van der Waals surface area (Å²) in [5.41, 5.74) is 2.98. The third-order valence-corrected chi connectivity index (χ3v) is 6.78. The molecule has 0 aromatic heterocycles. The lowest BCUT2D eigenvalue weighted by Crippen LogP contribution is -2.24. The van der Waals surface area contributed by atoms with Crippen molar-refractivity contribution in [3.05, 3.63) is 83.4 Å². The highest BCUT2D eigenvalue weighted by Gasteiger charge is 2.25. The number of benzene rings is 3. The van der Waals surface area contributed by atoms with Gasteiger partial charge in [-0.15, -0.1) is 11.8 Å². The molecule has 0 spiro atoms. The largest absolute Gasteiger partial charge is 0.497 e. The maximum absolute atomic E-state index is 13.9. The highest BCUT2D eigenvalue weighted by atomic mass is 32.2. The zero-order valence-corrected chi connectivity index (χ0v) is 18.6. The molecular formula is C25H25F2NO3S. The Balaban J connectivity index is 1.59. The molecule has 7 heteroatoms. The van der Waals surface area contributed by atoms with Crippen molar-refractivity contribution in [2.45, 2.75) is 23.1 Å². The van der Waals surface area contributed by atoms with Gasteiger partial charge in [-0.3, -0.25) is 0 Å². The van der Waals surface area contributed by atoms with Crippen LogP contribution in [0.1, 0.15) is 22.8 Å². The lowest BCUT2D eigenvalue weighted by Gasteiger charge is -2.25. The maximum atomic E-state index is 13.9. The molecule has 0 bridgehead atoms. The van der Waals surface area contributed by atoms with Gasteiger partial charge in [-0.2, -0.15) is 0 Å². The molecule has 0 saturated heterocycles. The highest BCUT2D eigenvalue weighted by Crippen LogP contribution is 2.46. The van der Waals surface area contributed by atoms with E-state index in [4.69, 9.17) is 14.6 Å². The standard InChI is InChI=1S/C25H25F2NO3S/c1-30-20-7-9-23-25(15-20)32-24(18-4-8-21(26)22(27)14-18)10-11-28(23)16-17-2-5-19(6-3-17)31-13-12-29/h2-9,14-15,24,29H,10-13,16H2,1H3. The SMILES string of the molecule is COc1ccc2c(c1)SC(c1ccc(F)c(F)c1)CCN2Cc1ccc(OCCO)cc1. The van der Waals surface area contributed by atoms with Crippen LogP contribution in [0.4, 0.5) is 14.5 Å². The highest BCUT2D eigenvalue weighted by molar-refractivity contribution is 7.99. The van der Waals surface area contributed by atoms with Crippen molar-refractivity contribution < 1.29 is 23.4 Å². The van der Waals surface area contributed by atoms with E-state index in [-0.39, 0.29) is 18.5 Å². The number of nitrogens with zero attached hydrogens (tertiary/aromatic N) is 1. The number of rotatable bonds is 7. The van der Waals surface area contributed by atoms with Gasteiger partial charge in [-0.1, -0.05) is 18.2 Å². The number of hydrogen-bond donors (Lipinski definition) is 1. The van der Waals surface area contributed by atoms with E-state index in [9.17, 15) is 8.78 Å². The fourth-order valence-electron chi connectivity index (χ4n) is 3.77. The number of aliphatic hydroxyl groups excluding tert-OH is 1. The van der Waals surface area contributed by atoms with Gasteiger partial charge in [-0.25, -0.2) is 8.78 Å². The molecule has 1 atom stereocenters. The predicted molar refractivity (Wildman–Crippen MR) is 123 cm³/mol. The molecule has 4 nitrogen and oxygen atoms in total. The van der Waals surface area contributed by atoms with E-state index in [0.29, 0.717) is 6.54 Å². The van der Waals surface area contributed by atoms with Crippen molar-refractivity contribution in [2.24, 2.45) is 0 Å². The van der Waals surface area contributed by atoms with E-state index >= 15 is 0 Å². The molecular weight excluding hydrogens is 432 g/mol. The van der Waals surface area contributed by atoms with Crippen molar-refractivity contribution >= 4 is 17.4 Å². The molecule has 0 amide bonds. The minimum Gasteiger partial charge on any atom is -0.497 e. The van der Waals surface area contributed by atoms with E-state index in [2.05, 4.69) is 4.90 Å². The van der Waals surface area contributed by atoms with Crippen molar-refractivity contribution in [3.63, 3.8) is 0 Å². The summed E-state index contributed by atoms with van der Waals surface area (Å²) in [4.78, 5) is 3.34. The Hall–Kier alpha value is -2.77. The Kier molecular flexibility index (Phi) is 7.17. The first-order valence-corrected chi connectivity index (χ1v) is 11.3. The summed E-state index contributed by atoms with van der Waals surface area (Å²) < 4.78 is 38.2. The molecule has 3 aromatic rings. The van der Waals surface area contributed by atoms with E-state index in [1.807, 2.05) is 42.5 Å². The van der Waals surface area contributed by atoms with Gasteiger partial charge in [0.05, 0.1) is 19.4 Å². The Morgan fingerprint density at radius 3 is 2.50 bits per heavy atom. The summed E-state index contributed by atoms with van der Waals surface area (Å²) in [5, 5.41) is 8.90. The second-order valence-electron chi connectivity index (χ2n) is 7.54. The first-order valence-electron chi connectivity index (χ1n) is 10.4. The van der Waals surface area contributed by atoms with Gasteiger partial charge in [0.15, 0.2) is 11.6 Å². The molecule has 4 rings (SSSR count). The third-order valence-electron chi connectivity index (χ3n) is 5.41. The van der Waals surface area contributed by atoms with E-state index < -0.39 is 11.6 Å². The number of ether oxygens (including phenoxy) is 2. The quantitative estimate of drug-likeness (QED) is 0.501. The molecule has 1 N–H and O–H groups in total. The summed E-state index contributed by atoms with van der Waals surface area (Å²) >= 11 is 1.65. The fraction of sp³-hybridized carbons (Fsp3) is 0.280. The molecule has 1 aliphatic heterocycles. The zero-order chi connectivity index (χ0) is 22.5. The number of thioether (sulfide) groups is 1. The number of aliphatic hydroxyl groups is 1. The molecule has 0 saturated carbocycles. The summed E-state index contributed by atoms with van der Waals surface area (Å²) in [6.45, 7) is 1.71. The van der Waals surface area contributed by atoms with Crippen molar-refractivity contribution in [2.75, 3.05) is 31.8 Å². The molecule has 1 aliphatic rings. The Labute approximate surface area is 190 Å². The number of hydrogen-bond acceptors (Lipinski definition) is 5. The second kappa shape index (κ2) is 10.2. The molecule has 0 radical (unpaired) electrons. The number of fused-ring (bicyclic) bond motifs is 1. The van der Waals surface area contributed by atoms with Crippen LogP contribution in [-0.2, 0) is 6.54 Å². The predicted octanol–water partition coefficient (Wildman–Crippen LogP) is 5.59. The van der Waals surface area contributed by atoms with Crippen LogP contribution >= 0.6 is 11.8 Å². The Morgan fingerprint density at radius 2 is 1.78 bits per heavy atom. The van der Waals surface area contributed by atoms with Crippen LogP contribution in [0.25, 0.3) is 0 Å². The van der Waals surface area contributed by atoms with E-state index in [0.717, 1.165) is 46.2 Å². The summed E-state index contributed by atoms with van der Waals surface area (Å²) in [7, 11) is 1.63. The van der Waals surface area contributed by atoms with Crippen molar-refractivity contribution in [1.29, 1.82) is 0 Å². The molecule has 32 heavy (non-hydrogen) atoms. The first kappa shape index (κ1) is 22.4. The fourth-order valence-corrected chi connectivity index (χ4v) is 5.08. The van der Waals surface area contributed by atoms with Crippen LogP contribution in [0.2, 0.25) is 0 Å². The molecule has 168 valence electrons. The van der Waals surface area contributed by atoms with Crippen molar-refractivity contribution in [1.82, 2.24) is 0 Å². The maximum Gasteiger partial charge on any atom is 0.159 e. The molecule has 1 heterocycles. The van der Waals surface area contributed by atoms with Crippen LogP contribution in [0, 0.1) is 11.6 Å². The molecule has 0 aliphatic carbocycles. The van der Waals surface area contributed by atoms with Crippen LogP contribution in [-0.4, -0.2) is 32.0 Å². The lowest BCUT2D eigenvalue weighted by atomic mass is 10.1.